The zero-order valence-corrected chi connectivity index (χ0v) is 19.8. The van der Waals surface area contributed by atoms with Gasteiger partial charge in [-0.05, 0) is 38.1 Å². The number of hydrogen-bond acceptors (Lipinski definition) is 7. The Morgan fingerprint density at radius 1 is 1.21 bits per heavy atom. The van der Waals surface area contributed by atoms with Crippen molar-refractivity contribution < 1.29 is 9.18 Å². The van der Waals surface area contributed by atoms with E-state index in [1.54, 1.807) is 24.0 Å². The zero-order chi connectivity index (χ0) is 23.3. The van der Waals surface area contributed by atoms with Crippen molar-refractivity contribution in [2.75, 3.05) is 35.7 Å². The summed E-state index contributed by atoms with van der Waals surface area (Å²) in [5.41, 5.74) is 2.82. The van der Waals surface area contributed by atoms with E-state index in [1.165, 1.54) is 17.4 Å². The van der Waals surface area contributed by atoms with E-state index in [4.69, 9.17) is 0 Å². The molecule has 0 saturated carbocycles. The summed E-state index contributed by atoms with van der Waals surface area (Å²) < 4.78 is 17.0. The summed E-state index contributed by atoms with van der Waals surface area (Å²) in [5, 5.41) is 15.0. The molecule has 1 fully saturated rings. The van der Waals surface area contributed by atoms with E-state index < -0.39 is 5.82 Å². The van der Waals surface area contributed by atoms with Gasteiger partial charge in [0.05, 0.1) is 21.5 Å². The number of nitrogens with zero attached hydrogens (tertiary/aromatic N) is 4. The topological polar surface area (TPSA) is 87.1 Å². The number of carbonyl (C=O) groups is 1. The van der Waals surface area contributed by atoms with Gasteiger partial charge in [0.15, 0.2) is 10.9 Å². The summed E-state index contributed by atoms with van der Waals surface area (Å²) in [6.07, 6.45) is 1.72. The Morgan fingerprint density at radius 2 is 1.97 bits per heavy atom. The molecule has 1 saturated heterocycles. The molecule has 2 atom stereocenters. The molecule has 0 bridgehead atoms. The maximum absolute atomic E-state index is 14.5. The van der Waals surface area contributed by atoms with Crippen molar-refractivity contribution in [3.05, 3.63) is 41.8 Å². The van der Waals surface area contributed by atoms with Crippen LogP contribution in [0.2, 0.25) is 0 Å². The minimum absolute atomic E-state index is 0.278. The predicted octanol–water partition coefficient (Wildman–Crippen LogP) is 3.80. The van der Waals surface area contributed by atoms with Gasteiger partial charge < -0.3 is 20.9 Å². The van der Waals surface area contributed by atoms with Crippen LogP contribution in [0.3, 0.4) is 0 Å². The minimum Gasteiger partial charge on any atom is -0.367 e. The van der Waals surface area contributed by atoms with Crippen LogP contribution in [0, 0.1) is 5.82 Å². The average molecular weight is 468 g/mol. The normalized spacial score (nSPS) is 18.8. The predicted molar refractivity (Wildman–Crippen MR) is 132 cm³/mol. The lowest BCUT2D eigenvalue weighted by atomic mass is 10.1. The Balaban J connectivity index is 1.52. The number of nitrogens with one attached hydrogen (secondary N) is 3. The number of halogens is 1. The highest BCUT2D eigenvalue weighted by atomic mass is 32.1. The summed E-state index contributed by atoms with van der Waals surface area (Å²) >= 11 is 1.53. The van der Waals surface area contributed by atoms with Gasteiger partial charge in [-0.15, -0.1) is 0 Å². The van der Waals surface area contributed by atoms with Crippen molar-refractivity contribution >= 4 is 54.9 Å². The molecule has 10 heteroatoms. The maximum Gasteiger partial charge on any atom is 0.257 e. The first kappa shape index (κ1) is 21.6. The molecule has 3 N–H and O–H groups in total. The molecule has 0 spiro atoms. The summed E-state index contributed by atoms with van der Waals surface area (Å²) in [6, 6.07) is 7.54. The summed E-state index contributed by atoms with van der Waals surface area (Å²) in [4.78, 5) is 20.3. The number of piperazine rings is 1. The van der Waals surface area contributed by atoms with Crippen LogP contribution in [-0.4, -0.2) is 52.9 Å². The van der Waals surface area contributed by atoms with Gasteiger partial charge in [0, 0.05) is 56.5 Å². The molecule has 2 aromatic carbocycles. The lowest BCUT2D eigenvalue weighted by molar-refractivity contribution is 0.102. The van der Waals surface area contributed by atoms with E-state index in [2.05, 4.69) is 44.8 Å². The van der Waals surface area contributed by atoms with Crippen LogP contribution in [0.1, 0.15) is 24.2 Å². The van der Waals surface area contributed by atoms with Gasteiger partial charge in [-0.1, -0.05) is 11.3 Å². The molecule has 4 aromatic rings. The number of hydrogen-bond donors (Lipinski definition) is 3. The molecule has 1 amide bonds. The molecular weight excluding hydrogens is 441 g/mol. The van der Waals surface area contributed by atoms with Gasteiger partial charge in [0.2, 0.25) is 0 Å². The standard InChI is InChI=1S/C23H26FN7OS/c1-12-9-31(10-13(2)26-12)18-6-5-16(20-21(18)33-23(25-3)28-20)22(32)27-15-7-14-11-30(4)29-19(14)17(24)8-15/h5-8,11-13,26H,9-10H2,1-4H3,(H,25,28)(H,27,32)/t12-,13-/m0/s1. The van der Waals surface area contributed by atoms with Gasteiger partial charge in [-0.2, -0.15) is 5.10 Å². The number of anilines is 3. The number of carbonyl (C=O) groups excluding carboxylic acids is 1. The van der Waals surface area contributed by atoms with Crippen LogP contribution in [0.4, 0.5) is 20.9 Å². The molecule has 3 heterocycles. The Labute approximate surface area is 194 Å². The van der Waals surface area contributed by atoms with Crippen LogP contribution in [0.25, 0.3) is 21.1 Å². The lowest BCUT2D eigenvalue weighted by Crippen LogP contribution is -2.54. The third-order valence-electron chi connectivity index (χ3n) is 5.81. The van der Waals surface area contributed by atoms with Crippen LogP contribution in [0.5, 0.6) is 0 Å². The SMILES string of the molecule is CNc1nc2c(C(=O)Nc3cc(F)c4nn(C)cc4c3)ccc(N3C[C@H](C)N[C@@H](C)C3)c2s1. The molecule has 1 aliphatic rings. The fourth-order valence-corrected chi connectivity index (χ4v) is 5.52. The largest absolute Gasteiger partial charge is 0.367 e. The smallest absolute Gasteiger partial charge is 0.257 e. The third-order valence-corrected chi connectivity index (χ3v) is 6.91. The summed E-state index contributed by atoms with van der Waals surface area (Å²) in [6.45, 7) is 6.10. The molecule has 1 aliphatic heterocycles. The Morgan fingerprint density at radius 3 is 2.70 bits per heavy atom. The fraction of sp³-hybridized carbons (Fsp3) is 0.348. The van der Waals surface area contributed by atoms with Crippen molar-refractivity contribution in [1.29, 1.82) is 0 Å². The summed E-state index contributed by atoms with van der Waals surface area (Å²) in [5.74, 6) is -0.804. The number of aromatic nitrogens is 3. The number of fused-ring (bicyclic) bond motifs is 2. The number of benzene rings is 2. The van der Waals surface area contributed by atoms with E-state index in [0.717, 1.165) is 28.6 Å². The number of aryl methyl sites for hydroxylation is 1. The Hall–Kier alpha value is -3.24. The van der Waals surface area contributed by atoms with E-state index in [0.29, 0.717) is 34.2 Å². The molecule has 5 rings (SSSR count). The van der Waals surface area contributed by atoms with Crippen molar-refractivity contribution in [2.45, 2.75) is 25.9 Å². The molecular formula is C23H26FN7OS. The first-order chi connectivity index (χ1) is 15.8. The minimum atomic E-state index is -0.475. The quantitative estimate of drug-likeness (QED) is 0.423. The third kappa shape index (κ3) is 4.00. The van der Waals surface area contributed by atoms with Crippen LogP contribution in [-0.2, 0) is 7.05 Å². The van der Waals surface area contributed by atoms with Crippen LogP contribution >= 0.6 is 11.3 Å². The first-order valence-electron chi connectivity index (χ1n) is 10.9. The Kier molecular flexibility index (Phi) is 5.41. The molecule has 0 radical (unpaired) electrons. The maximum atomic E-state index is 14.5. The van der Waals surface area contributed by atoms with Crippen molar-refractivity contribution in [3.8, 4) is 0 Å². The van der Waals surface area contributed by atoms with Gasteiger partial charge in [0.1, 0.15) is 5.52 Å². The zero-order valence-electron chi connectivity index (χ0n) is 18.9. The van der Waals surface area contributed by atoms with E-state index in [1.807, 2.05) is 19.2 Å². The van der Waals surface area contributed by atoms with E-state index >= 15 is 0 Å². The van der Waals surface area contributed by atoms with Crippen LogP contribution in [0.15, 0.2) is 30.5 Å². The lowest BCUT2D eigenvalue weighted by Gasteiger charge is -2.37. The van der Waals surface area contributed by atoms with E-state index in [-0.39, 0.29) is 11.4 Å². The second kappa shape index (κ2) is 8.27. The number of amides is 1. The van der Waals surface area contributed by atoms with Gasteiger partial charge in [-0.3, -0.25) is 9.48 Å². The van der Waals surface area contributed by atoms with Gasteiger partial charge in [-0.25, -0.2) is 9.37 Å². The second-order valence-corrected chi connectivity index (χ2v) is 9.60. The number of thiazole rings is 1. The number of rotatable bonds is 4. The van der Waals surface area contributed by atoms with Crippen molar-refractivity contribution in [2.24, 2.45) is 7.05 Å². The fourth-order valence-electron chi connectivity index (χ4n) is 4.54. The highest BCUT2D eigenvalue weighted by molar-refractivity contribution is 7.22. The molecule has 33 heavy (non-hydrogen) atoms. The Bertz CT molecular complexity index is 1350. The van der Waals surface area contributed by atoms with Crippen LogP contribution < -0.4 is 20.9 Å². The second-order valence-electron chi connectivity index (χ2n) is 8.61. The molecule has 172 valence electrons. The highest BCUT2D eigenvalue weighted by Gasteiger charge is 2.25. The van der Waals surface area contributed by atoms with Gasteiger partial charge in [0.25, 0.3) is 5.91 Å². The summed E-state index contributed by atoms with van der Waals surface area (Å²) in [7, 11) is 3.55. The molecule has 0 unspecified atom stereocenters. The molecule has 0 aliphatic carbocycles. The van der Waals surface area contributed by atoms with E-state index in [9.17, 15) is 9.18 Å². The van der Waals surface area contributed by atoms with Crippen molar-refractivity contribution in [1.82, 2.24) is 20.1 Å². The van der Waals surface area contributed by atoms with Crippen molar-refractivity contribution in [3.63, 3.8) is 0 Å². The van der Waals surface area contributed by atoms with Gasteiger partial charge >= 0.3 is 0 Å². The molecule has 2 aromatic heterocycles. The monoisotopic (exact) mass is 467 g/mol. The average Bonchev–Trinajstić information content (AvgIpc) is 3.35. The molecule has 8 nitrogen and oxygen atoms in total. The highest BCUT2D eigenvalue weighted by Crippen LogP contribution is 2.37. The first-order valence-corrected chi connectivity index (χ1v) is 11.7.